The molecule has 2 aromatic heterocycles. The van der Waals surface area contributed by atoms with Crippen LogP contribution in [0.3, 0.4) is 0 Å². The second kappa shape index (κ2) is 8.05. The Balaban J connectivity index is 1.47. The number of hydrogen-bond acceptors (Lipinski definition) is 5. The topological polar surface area (TPSA) is 75.9 Å². The van der Waals surface area contributed by atoms with Gasteiger partial charge in [0.05, 0.1) is 11.6 Å². The van der Waals surface area contributed by atoms with E-state index in [0.717, 1.165) is 25.2 Å². The molecular weight excluding hydrogens is 427 g/mol. The van der Waals surface area contributed by atoms with Crippen LogP contribution < -0.4 is 10.2 Å². The predicted molar refractivity (Wildman–Crippen MR) is 107 cm³/mol. The minimum atomic E-state index is -0.463. The van der Waals surface area contributed by atoms with Crippen LogP contribution in [-0.2, 0) is 4.79 Å². The highest BCUT2D eigenvalue weighted by Crippen LogP contribution is 2.25. The maximum absolute atomic E-state index is 14.0. The highest BCUT2D eigenvalue weighted by Gasteiger charge is 2.27. The van der Waals surface area contributed by atoms with Crippen molar-refractivity contribution in [1.82, 2.24) is 19.7 Å². The lowest BCUT2D eigenvalue weighted by Gasteiger charge is -2.32. The Morgan fingerprint density at radius 1 is 1.25 bits per heavy atom. The maximum atomic E-state index is 14.0. The van der Waals surface area contributed by atoms with Crippen LogP contribution in [0.1, 0.15) is 12.8 Å². The average molecular weight is 445 g/mol. The van der Waals surface area contributed by atoms with E-state index in [1.165, 1.54) is 12.4 Å². The fourth-order valence-corrected chi connectivity index (χ4v) is 3.60. The number of hydrogen-bond donors (Lipinski definition) is 1. The summed E-state index contributed by atoms with van der Waals surface area (Å²) in [5.74, 6) is 0.508. The molecule has 1 amide bonds. The number of nitrogens with zero attached hydrogens (tertiary/aromatic N) is 5. The molecule has 9 heteroatoms. The molecule has 1 saturated heterocycles. The first-order valence-electron chi connectivity index (χ1n) is 8.93. The summed E-state index contributed by atoms with van der Waals surface area (Å²) in [6.07, 6.45) is 6.59. The molecule has 7 nitrogen and oxygen atoms in total. The molecule has 3 aromatic rings. The molecule has 1 aliphatic heterocycles. The first kappa shape index (κ1) is 18.5. The Morgan fingerprint density at radius 3 is 2.89 bits per heavy atom. The van der Waals surface area contributed by atoms with Gasteiger partial charge in [0.1, 0.15) is 18.0 Å². The SMILES string of the molecule is O=C(Nc1ccc(Br)cc1F)C1CCCN(c2cc(-n3cccn3)ncn2)C1. The number of anilines is 2. The summed E-state index contributed by atoms with van der Waals surface area (Å²) in [7, 11) is 0. The molecule has 0 aliphatic carbocycles. The molecule has 1 N–H and O–H groups in total. The third-order valence-corrected chi connectivity index (χ3v) is 5.18. The number of halogens is 2. The molecule has 1 aliphatic rings. The van der Waals surface area contributed by atoms with Crippen molar-refractivity contribution >= 4 is 33.3 Å². The van der Waals surface area contributed by atoms with E-state index >= 15 is 0 Å². The summed E-state index contributed by atoms with van der Waals surface area (Å²) in [6, 6.07) is 8.26. The van der Waals surface area contributed by atoms with Crippen LogP contribution in [0.4, 0.5) is 15.9 Å². The number of aromatic nitrogens is 4. The van der Waals surface area contributed by atoms with Gasteiger partial charge in [-0.2, -0.15) is 5.10 Å². The Kier molecular flexibility index (Phi) is 5.34. The van der Waals surface area contributed by atoms with Crippen molar-refractivity contribution in [3.63, 3.8) is 0 Å². The standard InChI is InChI=1S/C19H18BrFN6O/c20-14-4-5-16(15(21)9-14)25-19(28)13-3-1-7-26(11-13)17-10-18(23-12-22-17)27-8-2-6-24-27/h2,4-6,8-10,12-13H,1,3,7,11H2,(H,25,28). The molecule has 4 rings (SSSR count). The van der Waals surface area contributed by atoms with Crippen LogP contribution in [0.2, 0.25) is 0 Å². The summed E-state index contributed by atoms with van der Waals surface area (Å²) in [5.41, 5.74) is 0.188. The van der Waals surface area contributed by atoms with Crippen LogP contribution in [0.15, 0.2) is 53.5 Å². The van der Waals surface area contributed by atoms with Crippen LogP contribution in [-0.4, -0.2) is 38.7 Å². The zero-order valence-electron chi connectivity index (χ0n) is 14.9. The van der Waals surface area contributed by atoms with Gasteiger partial charge < -0.3 is 10.2 Å². The molecule has 3 heterocycles. The summed E-state index contributed by atoms with van der Waals surface area (Å²) in [6.45, 7) is 1.31. The minimum absolute atomic E-state index is 0.188. The Hall–Kier alpha value is -2.81. The van der Waals surface area contributed by atoms with Gasteiger partial charge in [-0.25, -0.2) is 19.0 Å². The smallest absolute Gasteiger partial charge is 0.229 e. The first-order chi connectivity index (χ1) is 13.6. The van der Waals surface area contributed by atoms with Crippen molar-refractivity contribution < 1.29 is 9.18 Å². The van der Waals surface area contributed by atoms with E-state index in [1.807, 2.05) is 18.3 Å². The van der Waals surface area contributed by atoms with Gasteiger partial charge in [0, 0.05) is 36.0 Å². The molecule has 0 bridgehead atoms. The predicted octanol–water partition coefficient (Wildman–Crippen LogP) is 3.42. The van der Waals surface area contributed by atoms with E-state index in [1.54, 1.807) is 23.0 Å². The normalized spacial score (nSPS) is 16.8. The van der Waals surface area contributed by atoms with Crippen molar-refractivity contribution in [2.75, 3.05) is 23.3 Å². The lowest BCUT2D eigenvalue weighted by molar-refractivity contribution is -0.120. The second-order valence-corrected chi connectivity index (χ2v) is 7.50. The van der Waals surface area contributed by atoms with E-state index in [0.29, 0.717) is 16.8 Å². The number of carbonyl (C=O) groups excluding carboxylic acids is 1. The highest BCUT2D eigenvalue weighted by atomic mass is 79.9. The molecule has 0 spiro atoms. The van der Waals surface area contributed by atoms with Gasteiger partial charge in [0.25, 0.3) is 0 Å². The molecule has 1 atom stereocenters. The molecule has 1 fully saturated rings. The number of benzene rings is 1. The summed E-state index contributed by atoms with van der Waals surface area (Å²) in [5, 5.41) is 6.89. The van der Waals surface area contributed by atoms with Gasteiger partial charge in [0.2, 0.25) is 5.91 Å². The summed E-state index contributed by atoms with van der Waals surface area (Å²) >= 11 is 3.22. The third-order valence-electron chi connectivity index (χ3n) is 4.68. The maximum Gasteiger partial charge on any atom is 0.229 e. The van der Waals surface area contributed by atoms with Crippen LogP contribution >= 0.6 is 15.9 Å². The fourth-order valence-electron chi connectivity index (χ4n) is 3.26. The van der Waals surface area contributed by atoms with Gasteiger partial charge in [0.15, 0.2) is 5.82 Å². The fraction of sp³-hybridized carbons (Fsp3) is 0.263. The van der Waals surface area contributed by atoms with E-state index in [2.05, 4.69) is 41.2 Å². The van der Waals surface area contributed by atoms with E-state index < -0.39 is 5.82 Å². The second-order valence-electron chi connectivity index (χ2n) is 6.58. The van der Waals surface area contributed by atoms with Crippen molar-refractivity contribution in [3.8, 4) is 5.82 Å². The van der Waals surface area contributed by atoms with Crippen molar-refractivity contribution in [2.24, 2.45) is 5.92 Å². The molecule has 1 aromatic carbocycles. The Bertz CT molecular complexity index is 980. The number of rotatable bonds is 4. The van der Waals surface area contributed by atoms with Crippen LogP contribution in [0, 0.1) is 11.7 Å². The number of carbonyl (C=O) groups is 1. The first-order valence-corrected chi connectivity index (χ1v) is 9.72. The molecule has 28 heavy (non-hydrogen) atoms. The van der Waals surface area contributed by atoms with Gasteiger partial charge in [-0.1, -0.05) is 15.9 Å². The zero-order chi connectivity index (χ0) is 19.5. The van der Waals surface area contributed by atoms with Crippen molar-refractivity contribution in [3.05, 3.63) is 59.3 Å². The quantitative estimate of drug-likeness (QED) is 0.666. The highest BCUT2D eigenvalue weighted by molar-refractivity contribution is 9.10. The number of nitrogens with one attached hydrogen (secondary N) is 1. The Labute approximate surface area is 169 Å². The van der Waals surface area contributed by atoms with E-state index in [9.17, 15) is 9.18 Å². The third kappa shape index (κ3) is 4.04. The summed E-state index contributed by atoms with van der Waals surface area (Å²) < 4.78 is 16.3. The molecule has 1 unspecified atom stereocenters. The summed E-state index contributed by atoms with van der Waals surface area (Å²) in [4.78, 5) is 23.3. The molecular formula is C19H18BrFN6O. The van der Waals surface area contributed by atoms with Crippen LogP contribution in [0.25, 0.3) is 5.82 Å². The van der Waals surface area contributed by atoms with Gasteiger partial charge in [-0.15, -0.1) is 0 Å². The Morgan fingerprint density at radius 2 is 2.11 bits per heavy atom. The van der Waals surface area contributed by atoms with E-state index in [-0.39, 0.29) is 17.5 Å². The van der Waals surface area contributed by atoms with Gasteiger partial charge >= 0.3 is 0 Å². The van der Waals surface area contributed by atoms with Crippen LogP contribution in [0.5, 0.6) is 0 Å². The zero-order valence-corrected chi connectivity index (χ0v) is 16.5. The van der Waals surface area contributed by atoms with Gasteiger partial charge in [-0.3, -0.25) is 4.79 Å². The lowest BCUT2D eigenvalue weighted by atomic mass is 9.97. The monoisotopic (exact) mass is 444 g/mol. The number of amides is 1. The largest absolute Gasteiger partial charge is 0.356 e. The van der Waals surface area contributed by atoms with E-state index in [4.69, 9.17) is 0 Å². The van der Waals surface area contributed by atoms with Crippen molar-refractivity contribution in [1.29, 1.82) is 0 Å². The average Bonchev–Trinajstić information content (AvgIpc) is 3.25. The molecule has 0 saturated carbocycles. The van der Waals surface area contributed by atoms with Crippen molar-refractivity contribution in [2.45, 2.75) is 12.8 Å². The number of piperidine rings is 1. The lowest BCUT2D eigenvalue weighted by Crippen LogP contribution is -2.41. The molecule has 0 radical (unpaired) electrons. The van der Waals surface area contributed by atoms with Gasteiger partial charge in [-0.05, 0) is 37.1 Å². The minimum Gasteiger partial charge on any atom is -0.356 e. The molecule has 144 valence electrons.